The summed E-state index contributed by atoms with van der Waals surface area (Å²) in [4.78, 5) is 21.8. The maximum absolute atomic E-state index is 12.7. The second kappa shape index (κ2) is 7.46. The van der Waals surface area contributed by atoms with Gasteiger partial charge in [0.05, 0.1) is 0 Å². The normalized spacial score (nSPS) is 10.9. The number of nitrogens with zero attached hydrogens (tertiary/aromatic N) is 2. The van der Waals surface area contributed by atoms with Crippen molar-refractivity contribution < 1.29 is 4.79 Å². The Balaban J connectivity index is 1.43. The van der Waals surface area contributed by atoms with E-state index in [9.17, 15) is 4.79 Å². The molecule has 0 saturated carbocycles. The van der Waals surface area contributed by atoms with Crippen molar-refractivity contribution in [1.82, 2.24) is 14.9 Å². The minimum absolute atomic E-state index is 0.0381. The van der Waals surface area contributed by atoms with Crippen LogP contribution in [0.2, 0.25) is 0 Å². The van der Waals surface area contributed by atoms with Gasteiger partial charge in [-0.05, 0) is 53.4 Å². The molecule has 134 valence electrons. The van der Waals surface area contributed by atoms with Crippen molar-refractivity contribution in [3.05, 3.63) is 90.4 Å². The number of fused-ring (bicyclic) bond motifs is 1. The van der Waals surface area contributed by atoms with E-state index in [1.165, 1.54) is 10.9 Å². The summed E-state index contributed by atoms with van der Waals surface area (Å²) < 4.78 is 0. The average Bonchev–Trinajstić information content (AvgIpc) is 3.15. The third-order valence-electron chi connectivity index (χ3n) is 4.88. The third-order valence-corrected chi connectivity index (χ3v) is 4.88. The van der Waals surface area contributed by atoms with E-state index in [0.29, 0.717) is 12.1 Å². The molecule has 0 bridgehead atoms. The number of carbonyl (C=O) groups is 1. The van der Waals surface area contributed by atoms with Crippen LogP contribution in [0.3, 0.4) is 0 Å². The fraction of sp³-hybridized carbons (Fsp3) is 0.130. The highest BCUT2D eigenvalue weighted by molar-refractivity contribution is 5.94. The third kappa shape index (κ3) is 3.60. The second-order valence-corrected chi connectivity index (χ2v) is 6.65. The molecule has 0 unspecified atom stereocenters. The molecule has 2 heterocycles. The van der Waals surface area contributed by atoms with E-state index < -0.39 is 0 Å². The lowest BCUT2D eigenvalue weighted by molar-refractivity contribution is 0.0796. The fourth-order valence-electron chi connectivity index (χ4n) is 3.30. The van der Waals surface area contributed by atoms with Crippen molar-refractivity contribution in [2.45, 2.75) is 6.42 Å². The Morgan fingerprint density at radius 1 is 0.963 bits per heavy atom. The molecule has 0 aliphatic rings. The maximum Gasteiger partial charge on any atom is 0.253 e. The van der Waals surface area contributed by atoms with E-state index >= 15 is 0 Å². The van der Waals surface area contributed by atoms with Crippen molar-refractivity contribution in [3.8, 4) is 11.1 Å². The zero-order chi connectivity index (χ0) is 18.6. The molecule has 0 saturated heterocycles. The number of H-pyrrole nitrogens is 1. The molecular weight excluding hydrogens is 334 g/mol. The van der Waals surface area contributed by atoms with Gasteiger partial charge in [-0.3, -0.25) is 9.78 Å². The van der Waals surface area contributed by atoms with Crippen LogP contribution in [0.1, 0.15) is 15.9 Å². The molecule has 2 aromatic heterocycles. The van der Waals surface area contributed by atoms with E-state index in [1.54, 1.807) is 17.3 Å². The van der Waals surface area contributed by atoms with Gasteiger partial charge < -0.3 is 9.88 Å². The van der Waals surface area contributed by atoms with Crippen LogP contribution in [0.25, 0.3) is 22.0 Å². The van der Waals surface area contributed by atoms with E-state index in [0.717, 1.165) is 23.1 Å². The number of rotatable bonds is 5. The van der Waals surface area contributed by atoms with Crippen LogP contribution in [-0.2, 0) is 6.42 Å². The van der Waals surface area contributed by atoms with Gasteiger partial charge in [0, 0.05) is 48.6 Å². The first-order valence-corrected chi connectivity index (χ1v) is 9.03. The van der Waals surface area contributed by atoms with Gasteiger partial charge in [0.25, 0.3) is 5.91 Å². The minimum Gasteiger partial charge on any atom is -0.361 e. The highest BCUT2D eigenvalue weighted by atomic mass is 16.2. The molecule has 2 aromatic carbocycles. The number of aromatic nitrogens is 2. The predicted octanol–water partition coefficient (Wildman–Crippen LogP) is 4.54. The molecule has 4 aromatic rings. The Kier molecular flexibility index (Phi) is 4.71. The molecule has 4 rings (SSSR count). The molecule has 4 nitrogen and oxygen atoms in total. The van der Waals surface area contributed by atoms with E-state index in [1.807, 2.05) is 61.8 Å². The number of para-hydroxylation sites is 1. The number of amides is 1. The summed E-state index contributed by atoms with van der Waals surface area (Å²) in [6, 6.07) is 19.9. The van der Waals surface area contributed by atoms with Crippen molar-refractivity contribution in [3.63, 3.8) is 0 Å². The Bertz CT molecular complexity index is 1050. The summed E-state index contributed by atoms with van der Waals surface area (Å²) in [6.07, 6.45) is 6.40. The Labute approximate surface area is 158 Å². The van der Waals surface area contributed by atoms with Crippen molar-refractivity contribution in [2.75, 3.05) is 13.6 Å². The second-order valence-electron chi connectivity index (χ2n) is 6.65. The van der Waals surface area contributed by atoms with E-state index in [-0.39, 0.29) is 5.91 Å². The smallest absolute Gasteiger partial charge is 0.253 e. The number of hydrogen-bond acceptors (Lipinski definition) is 2. The molecule has 0 radical (unpaired) electrons. The van der Waals surface area contributed by atoms with Crippen LogP contribution in [-0.4, -0.2) is 34.4 Å². The first kappa shape index (κ1) is 17.0. The molecule has 27 heavy (non-hydrogen) atoms. The van der Waals surface area contributed by atoms with Crippen molar-refractivity contribution >= 4 is 16.8 Å². The van der Waals surface area contributed by atoms with Crippen LogP contribution in [0.4, 0.5) is 0 Å². The summed E-state index contributed by atoms with van der Waals surface area (Å²) in [6.45, 7) is 0.673. The first-order valence-electron chi connectivity index (χ1n) is 9.03. The van der Waals surface area contributed by atoms with Crippen molar-refractivity contribution in [2.24, 2.45) is 0 Å². The summed E-state index contributed by atoms with van der Waals surface area (Å²) in [5.74, 6) is 0.0381. The van der Waals surface area contributed by atoms with Crippen LogP contribution >= 0.6 is 0 Å². The van der Waals surface area contributed by atoms with Gasteiger partial charge in [-0.2, -0.15) is 0 Å². The lowest BCUT2D eigenvalue weighted by Gasteiger charge is -2.17. The number of hydrogen-bond donors (Lipinski definition) is 1. The summed E-state index contributed by atoms with van der Waals surface area (Å²) in [7, 11) is 1.86. The molecule has 0 atom stereocenters. The first-order chi connectivity index (χ1) is 13.2. The number of benzene rings is 2. The van der Waals surface area contributed by atoms with Gasteiger partial charge in [-0.15, -0.1) is 0 Å². The number of pyridine rings is 1. The Morgan fingerprint density at radius 2 is 1.67 bits per heavy atom. The van der Waals surface area contributed by atoms with E-state index in [2.05, 4.69) is 22.1 Å². The summed E-state index contributed by atoms with van der Waals surface area (Å²) in [5, 5.41) is 1.22. The lowest BCUT2D eigenvalue weighted by atomic mass is 10.0. The van der Waals surface area contributed by atoms with Gasteiger partial charge in [-0.25, -0.2) is 0 Å². The summed E-state index contributed by atoms with van der Waals surface area (Å²) in [5.41, 5.74) is 5.24. The van der Waals surface area contributed by atoms with Crippen LogP contribution in [0, 0.1) is 0 Å². The molecule has 0 spiro atoms. The van der Waals surface area contributed by atoms with Gasteiger partial charge in [-0.1, -0.05) is 30.3 Å². The highest BCUT2D eigenvalue weighted by Crippen LogP contribution is 2.20. The molecule has 0 aliphatic carbocycles. The molecule has 4 heteroatoms. The molecule has 1 N–H and O–H groups in total. The number of nitrogens with one attached hydrogen (secondary N) is 1. The number of carbonyl (C=O) groups excluding carboxylic acids is 1. The standard InChI is InChI=1S/C23H21N3O/c1-26(15-12-20-16-25-22-5-3-2-4-21(20)22)23(27)19-8-6-17(7-9-19)18-10-13-24-14-11-18/h2-11,13-14,16,25H,12,15H2,1H3. The average molecular weight is 355 g/mol. The monoisotopic (exact) mass is 355 g/mol. The van der Waals surface area contributed by atoms with Gasteiger partial charge >= 0.3 is 0 Å². The van der Waals surface area contributed by atoms with Gasteiger partial charge in [0.15, 0.2) is 0 Å². The number of likely N-dealkylation sites (N-methyl/N-ethyl adjacent to an activating group) is 1. The summed E-state index contributed by atoms with van der Waals surface area (Å²) >= 11 is 0. The van der Waals surface area contributed by atoms with Crippen LogP contribution in [0.5, 0.6) is 0 Å². The minimum atomic E-state index is 0.0381. The van der Waals surface area contributed by atoms with Gasteiger partial charge in [0.1, 0.15) is 0 Å². The number of aromatic amines is 1. The molecule has 1 amide bonds. The Morgan fingerprint density at radius 3 is 2.44 bits per heavy atom. The van der Waals surface area contributed by atoms with Gasteiger partial charge in [0.2, 0.25) is 0 Å². The fourth-order valence-corrected chi connectivity index (χ4v) is 3.30. The van der Waals surface area contributed by atoms with Crippen LogP contribution < -0.4 is 0 Å². The largest absolute Gasteiger partial charge is 0.361 e. The molecule has 0 aliphatic heterocycles. The predicted molar refractivity (Wildman–Crippen MR) is 109 cm³/mol. The zero-order valence-electron chi connectivity index (χ0n) is 15.2. The maximum atomic E-state index is 12.7. The Hall–Kier alpha value is -3.40. The lowest BCUT2D eigenvalue weighted by Crippen LogP contribution is -2.28. The quantitative estimate of drug-likeness (QED) is 0.571. The van der Waals surface area contributed by atoms with Crippen molar-refractivity contribution in [1.29, 1.82) is 0 Å². The van der Waals surface area contributed by atoms with E-state index in [4.69, 9.17) is 0 Å². The molecular formula is C23H21N3O. The zero-order valence-corrected chi connectivity index (χ0v) is 15.2. The SMILES string of the molecule is CN(CCc1c[nH]c2ccccc12)C(=O)c1ccc(-c2ccncc2)cc1. The van der Waals surface area contributed by atoms with Crippen LogP contribution in [0.15, 0.2) is 79.3 Å². The topological polar surface area (TPSA) is 49.0 Å². The highest BCUT2D eigenvalue weighted by Gasteiger charge is 2.13. The molecule has 0 fully saturated rings.